The smallest absolute Gasteiger partial charge is 0.226 e. The van der Waals surface area contributed by atoms with Crippen molar-refractivity contribution in [1.29, 1.82) is 0 Å². The van der Waals surface area contributed by atoms with Gasteiger partial charge in [-0.2, -0.15) is 0 Å². The molecule has 1 fully saturated rings. The summed E-state index contributed by atoms with van der Waals surface area (Å²) in [7, 11) is 0.263. The number of hydrogen-bond acceptors (Lipinski definition) is 4. The molecule has 2 rings (SSSR count). The predicted molar refractivity (Wildman–Crippen MR) is 93.3 cm³/mol. The summed E-state index contributed by atoms with van der Waals surface area (Å²) in [6.45, 7) is 2.82. The van der Waals surface area contributed by atoms with Crippen molar-refractivity contribution in [1.82, 2.24) is 9.21 Å². The molecule has 1 aliphatic rings. The summed E-state index contributed by atoms with van der Waals surface area (Å²) in [6, 6.07) is 7.64. The molecule has 0 aromatic heterocycles. The van der Waals surface area contributed by atoms with Crippen molar-refractivity contribution in [2.75, 3.05) is 33.5 Å². The molecule has 1 aromatic rings. The Balaban J connectivity index is 1.98. The largest absolute Gasteiger partial charge is 0.497 e. The second-order valence-electron chi connectivity index (χ2n) is 6.33. The van der Waals surface area contributed by atoms with Gasteiger partial charge >= 0.3 is 0 Å². The first-order valence-electron chi connectivity index (χ1n) is 8.09. The lowest BCUT2D eigenvalue weighted by Crippen LogP contribution is -2.43. The maximum atomic E-state index is 12.7. The van der Waals surface area contributed by atoms with E-state index in [1.54, 1.807) is 19.1 Å². The molecule has 1 saturated heterocycles. The SMILES string of the molecule is COc1ccc(C(C)N(C)C(=O)C2CCN(S(C)(=O)=O)CC2)cc1. The van der Waals surface area contributed by atoms with E-state index in [-0.39, 0.29) is 17.9 Å². The number of piperidine rings is 1. The predicted octanol–water partition coefficient (Wildman–Crippen LogP) is 1.89. The van der Waals surface area contributed by atoms with Crippen LogP contribution in [0, 0.1) is 5.92 Å². The van der Waals surface area contributed by atoms with Gasteiger partial charge in [0.25, 0.3) is 0 Å². The van der Waals surface area contributed by atoms with Gasteiger partial charge in [0, 0.05) is 26.1 Å². The van der Waals surface area contributed by atoms with Crippen molar-refractivity contribution < 1.29 is 17.9 Å². The van der Waals surface area contributed by atoms with E-state index in [0.29, 0.717) is 25.9 Å². The van der Waals surface area contributed by atoms with Crippen LogP contribution in [0.3, 0.4) is 0 Å². The van der Waals surface area contributed by atoms with Crippen LogP contribution in [0.1, 0.15) is 31.4 Å². The number of ether oxygens (including phenoxy) is 1. The molecule has 1 aliphatic heterocycles. The topological polar surface area (TPSA) is 66.9 Å². The van der Waals surface area contributed by atoms with Crippen molar-refractivity contribution >= 4 is 15.9 Å². The Labute approximate surface area is 144 Å². The van der Waals surface area contributed by atoms with Gasteiger partial charge in [-0.3, -0.25) is 4.79 Å². The summed E-state index contributed by atoms with van der Waals surface area (Å²) in [5.74, 6) is 0.744. The molecule has 0 saturated carbocycles. The number of carbonyl (C=O) groups excluding carboxylic acids is 1. The Morgan fingerprint density at radius 2 is 1.79 bits per heavy atom. The van der Waals surface area contributed by atoms with Gasteiger partial charge in [0.15, 0.2) is 0 Å². The van der Waals surface area contributed by atoms with E-state index in [9.17, 15) is 13.2 Å². The molecule has 6 nitrogen and oxygen atoms in total. The van der Waals surface area contributed by atoms with Crippen LogP contribution in [0.5, 0.6) is 5.75 Å². The number of rotatable bonds is 5. The molecule has 7 heteroatoms. The molecular formula is C17H26N2O4S. The van der Waals surface area contributed by atoms with Crippen LogP contribution in [-0.2, 0) is 14.8 Å². The van der Waals surface area contributed by atoms with E-state index in [4.69, 9.17) is 4.74 Å². The number of methoxy groups -OCH3 is 1. The van der Waals surface area contributed by atoms with Crippen LogP contribution < -0.4 is 4.74 Å². The second kappa shape index (κ2) is 7.53. The highest BCUT2D eigenvalue weighted by molar-refractivity contribution is 7.88. The van der Waals surface area contributed by atoms with Crippen molar-refractivity contribution in [3.8, 4) is 5.75 Å². The molecule has 0 aliphatic carbocycles. The molecule has 1 unspecified atom stereocenters. The highest BCUT2D eigenvalue weighted by atomic mass is 32.2. The highest BCUT2D eigenvalue weighted by Gasteiger charge is 2.31. The van der Waals surface area contributed by atoms with Gasteiger partial charge in [-0.1, -0.05) is 12.1 Å². The first kappa shape index (κ1) is 18.7. The summed E-state index contributed by atoms with van der Waals surface area (Å²) >= 11 is 0. The molecule has 1 atom stereocenters. The average molecular weight is 354 g/mol. The Morgan fingerprint density at radius 3 is 2.25 bits per heavy atom. The minimum absolute atomic E-state index is 0.0451. The first-order chi connectivity index (χ1) is 11.2. The van der Waals surface area contributed by atoms with Gasteiger partial charge in [0.05, 0.1) is 19.4 Å². The third kappa shape index (κ3) is 4.27. The molecule has 0 spiro atoms. The average Bonchev–Trinajstić information content (AvgIpc) is 2.59. The fraction of sp³-hybridized carbons (Fsp3) is 0.588. The van der Waals surface area contributed by atoms with E-state index in [0.717, 1.165) is 11.3 Å². The van der Waals surface area contributed by atoms with Gasteiger partial charge < -0.3 is 9.64 Å². The normalized spacial score (nSPS) is 18.2. The molecule has 1 aromatic carbocycles. The van der Waals surface area contributed by atoms with E-state index in [1.165, 1.54) is 10.6 Å². The fourth-order valence-corrected chi connectivity index (χ4v) is 3.89. The number of hydrogen-bond donors (Lipinski definition) is 0. The van der Waals surface area contributed by atoms with Crippen LogP contribution >= 0.6 is 0 Å². The lowest BCUT2D eigenvalue weighted by atomic mass is 9.95. The lowest BCUT2D eigenvalue weighted by molar-refractivity contribution is -0.137. The van der Waals surface area contributed by atoms with Crippen molar-refractivity contribution in [3.63, 3.8) is 0 Å². The number of benzene rings is 1. The van der Waals surface area contributed by atoms with Crippen LogP contribution in [-0.4, -0.2) is 57.0 Å². The minimum Gasteiger partial charge on any atom is -0.497 e. The molecule has 0 bridgehead atoms. The number of carbonyl (C=O) groups is 1. The molecule has 134 valence electrons. The number of amides is 1. The molecule has 0 N–H and O–H groups in total. The Bertz CT molecular complexity index is 664. The summed E-state index contributed by atoms with van der Waals surface area (Å²) < 4.78 is 29.7. The molecule has 1 amide bonds. The van der Waals surface area contributed by atoms with Crippen LogP contribution in [0.25, 0.3) is 0 Å². The first-order valence-corrected chi connectivity index (χ1v) is 9.94. The van der Waals surface area contributed by atoms with Gasteiger partial charge in [-0.05, 0) is 37.5 Å². The van der Waals surface area contributed by atoms with E-state index < -0.39 is 10.0 Å². The summed E-state index contributed by atoms with van der Waals surface area (Å²) in [4.78, 5) is 14.5. The van der Waals surface area contributed by atoms with E-state index >= 15 is 0 Å². The Morgan fingerprint density at radius 1 is 1.25 bits per heavy atom. The zero-order valence-electron chi connectivity index (χ0n) is 14.7. The van der Waals surface area contributed by atoms with Gasteiger partial charge in [-0.15, -0.1) is 0 Å². The van der Waals surface area contributed by atoms with Crippen molar-refractivity contribution in [3.05, 3.63) is 29.8 Å². The Hall–Kier alpha value is -1.60. The maximum absolute atomic E-state index is 12.7. The van der Waals surface area contributed by atoms with Gasteiger partial charge in [0.2, 0.25) is 15.9 Å². The monoisotopic (exact) mass is 354 g/mol. The number of nitrogens with zero attached hydrogens (tertiary/aromatic N) is 2. The zero-order valence-corrected chi connectivity index (χ0v) is 15.5. The van der Waals surface area contributed by atoms with E-state index in [1.807, 2.05) is 31.2 Å². The lowest BCUT2D eigenvalue weighted by Gasteiger charge is -2.34. The molecule has 24 heavy (non-hydrogen) atoms. The second-order valence-corrected chi connectivity index (χ2v) is 8.32. The third-order valence-electron chi connectivity index (χ3n) is 4.80. The van der Waals surface area contributed by atoms with E-state index in [2.05, 4.69) is 0 Å². The molecule has 1 heterocycles. The fourth-order valence-electron chi connectivity index (χ4n) is 3.02. The Kier molecular flexibility index (Phi) is 5.87. The molecular weight excluding hydrogens is 328 g/mol. The highest BCUT2D eigenvalue weighted by Crippen LogP contribution is 2.26. The van der Waals surface area contributed by atoms with Crippen LogP contribution in [0.2, 0.25) is 0 Å². The van der Waals surface area contributed by atoms with Crippen molar-refractivity contribution in [2.24, 2.45) is 5.92 Å². The third-order valence-corrected chi connectivity index (χ3v) is 6.10. The molecule has 0 radical (unpaired) electrons. The van der Waals surface area contributed by atoms with Crippen molar-refractivity contribution in [2.45, 2.75) is 25.8 Å². The quantitative estimate of drug-likeness (QED) is 0.810. The standard InChI is InChI=1S/C17H26N2O4S/c1-13(14-5-7-16(23-3)8-6-14)18(2)17(20)15-9-11-19(12-10-15)24(4,21)22/h5-8,13,15H,9-12H2,1-4H3. The minimum atomic E-state index is -3.16. The van der Waals surface area contributed by atoms with Crippen LogP contribution in [0.15, 0.2) is 24.3 Å². The van der Waals surface area contributed by atoms with Gasteiger partial charge in [0.1, 0.15) is 5.75 Å². The number of sulfonamides is 1. The van der Waals surface area contributed by atoms with Gasteiger partial charge in [-0.25, -0.2) is 12.7 Å². The van der Waals surface area contributed by atoms with Crippen LogP contribution in [0.4, 0.5) is 0 Å². The summed E-state index contributed by atoms with van der Waals surface area (Å²) in [5.41, 5.74) is 1.04. The summed E-state index contributed by atoms with van der Waals surface area (Å²) in [6.07, 6.45) is 2.37. The zero-order chi connectivity index (χ0) is 17.9. The maximum Gasteiger partial charge on any atom is 0.226 e. The summed E-state index contributed by atoms with van der Waals surface area (Å²) in [5, 5.41) is 0.